The van der Waals surface area contributed by atoms with Crippen LogP contribution in [0.25, 0.3) is 11.4 Å². The molecular formula is C12H8N4O7. The van der Waals surface area contributed by atoms with E-state index in [1.165, 1.54) is 12.1 Å². The summed E-state index contributed by atoms with van der Waals surface area (Å²) in [5.41, 5.74) is -0.807. The Morgan fingerprint density at radius 1 is 1.00 bits per heavy atom. The van der Waals surface area contributed by atoms with Gasteiger partial charge in [-0.05, 0) is 44.1 Å². The second kappa shape index (κ2) is 6.11. The fourth-order valence-corrected chi connectivity index (χ4v) is 1.80. The molecule has 118 valence electrons. The van der Waals surface area contributed by atoms with Crippen LogP contribution in [0.2, 0.25) is 0 Å². The van der Waals surface area contributed by atoms with Gasteiger partial charge in [-0.1, -0.05) is 0 Å². The minimum Gasteiger partial charge on any atom is -0.477 e. The molecule has 0 aliphatic carbocycles. The van der Waals surface area contributed by atoms with Crippen LogP contribution in [-0.4, -0.2) is 36.0 Å². The zero-order chi connectivity index (χ0) is 17.1. The van der Waals surface area contributed by atoms with E-state index in [-0.39, 0.29) is 17.0 Å². The number of carboxylic acid groups (broad SMARTS) is 1. The van der Waals surface area contributed by atoms with Gasteiger partial charge in [0.2, 0.25) is 11.4 Å². The van der Waals surface area contributed by atoms with Crippen molar-refractivity contribution in [1.82, 2.24) is 9.97 Å². The lowest BCUT2D eigenvalue weighted by molar-refractivity contribution is -0.390. The summed E-state index contributed by atoms with van der Waals surface area (Å²) < 4.78 is 0. The van der Waals surface area contributed by atoms with E-state index in [1.807, 2.05) is 0 Å². The number of pyridine rings is 2. The molecule has 2 heterocycles. The maximum atomic E-state index is 10.9. The summed E-state index contributed by atoms with van der Waals surface area (Å²) in [5, 5.41) is 39.7. The van der Waals surface area contributed by atoms with E-state index in [1.54, 1.807) is 0 Å². The first-order chi connectivity index (χ1) is 10.8. The molecular weight excluding hydrogens is 312 g/mol. The van der Waals surface area contributed by atoms with Gasteiger partial charge in [-0.15, -0.1) is 0 Å². The first-order valence-corrected chi connectivity index (χ1v) is 5.99. The zero-order valence-electron chi connectivity index (χ0n) is 11.2. The lowest BCUT2D eigenvalue weighted by atomic mass is 10.1. The fraction of sp³-hybridized carbons (Fsp3) is 0.0833. The van der Waals surface area contributed by atoms with E-state index in [2.05, 4.69) is 9.97 Å². The lowest BCUT2D eigenvalue weighted by Crippen LogP contribution is -2.06. The number of nitrogens with zero attached hydrogens (tertiary/aromatic N) is 4. The third-order valence-corrected chi connectivity index (χ3v) is 2.84. The molecule has 0 aliphatic rings. The molecule has 0 amide bonds. The van der Waals surface area contributed by atoms with Crippen molar-refractivity contribution in [1.29, 1.82) is 0 Å². The zero-order valence-corrected chi connectivity index (χ0v) is 11.2. The molecule has 0 aromatic carbocycles. The van der Waals surface area contributed by atoms with Crippen LogP contribution in [0, 0.1) is 20.2 Å². The third kappa shape index (κ3) is 3.08. The summed E-state index contributed by atoms with van der Waals surface area (Å²) >= 11 is 0. The molecule has 23 heavy (non-hydrogen) atoms. The minimum atomic E-state index is -1.52. The van der Waals surface area contributed by atoms with Gasteiger partial charge in [0, 0.05) is 0 Å². The summed E-state index contributed by atoms with van der Waals surface area (Å²) in [5.74, 6) is -3.03. The third-order valence-electron chi connectivity index (χ3n) is 2.84. The molecule has 0 bridgehead atoms. The van der Waals surface area contributed by atoms with Gasteiger partial charge in [0.05, 0.1) is 12.2 Å². The van der Waals surface area contributed by atoms with E-state index in [4.69, 9.17) is 10.2 Å². The summed E-state index contributed by atoms with van der Waals surface area (Å²) in [6.45, 7) is -0.602. The predicted molar refractivity (Wildman–Crippen MR) is 73.7 cm³/mol. The molecule has 2 rings (SSSR count). The number of hydrogen-bond acceptors (Lipinski definition) is 8. The van der Waals surface area contributed by atoms with Crippen molar-refractivity contribution in [3.05, 3.63) is 55.6 Å². The maximum Gasteiger partial charge on any atom is 0.378 e. The molecule has 0 saturated heterocycles. The van der Waals surface area contributed by atoms with Gasteiger partial charge in [-0.2, -0.15) is 0 Å². The molecule has 2 N–H and O–H groups in total. The van der Waals surface area contributed by atoms with Crippen molar-refractivity contribution < 1.29 is 24.9 Å². The number of aromatic nitrogens is 2. The number of hydrogen-bond donors (Lipinski definition) is 2. The van der Waals surface area contributed by atoms with Gasteiger partial charge in [0.25, 0.3) is 0 Å². The van der Waals surface area contributed by atoms with Crippen molar-refractivity contribution in [3.63, 3.8) is 0 Å². The molecule has 11 heteroatoms. The highest BCUT2D eigenvalue weighted by molar-refractivity contribution is 5.91. The average molecular weight is 320 g/mol. The van der Waals surface area contributed by atoms with Crippen LogP contribution in [0.1, 0.15) is 15.9 Å². The Bertz CT molecular complexity index is 821. The Balaban J connectivity index is 2.61. The number of nitro groups is 2. The molecule has 0 spiro atoms. The SMILES string of the molecule is O=C(O)c1ccc(-c2ccc(CO)c([N+](=O)[O-])n2)nc1[N+](=O)[O-]. The van der Waals surface area contributed by atoms with Crippen LogP contribution < -0.4 is 0 Å². The monoisotopic (exact) mass is 320 g/mol. The highest BCUT2D eigenvalue weighted by atomic mass is 16.6. The van der Waals surface area contributed by atoms with Crippen LogP contribution in [0.15, 0.2) is 24.3 Å². The minimum absolute atomic E-state index is 0.0320. The van der Waals surface area contributed by atoms with Crippen molar-refractivity contribution in [2.24, 2.45) is 0 Å². The Morgan fingerprint density at radius 3 is 2.00 bits per heavy atom. The Kier molecular flexibility index (Phi) is 4.23. The normalized spacial score (nSPS) is 10.3. The van der Waals surface area contributed by atoms with Gasteiger partial charge in [0.1, 0.15) is 0 Å². The predicted octanol–water partition coefficient (Wildman–Crippen LogP) is 1.15. The molecule has 0 aliphatic heterocycles. The highest BCUT2D eigenvalue weighted by Gasteiger charge is 2.26. The van der Waals surface area contributed by atoms with Crippen molar-refractivity contribution in [2.75, 3.05) is 0 Å². The summed E-state index contributed by atoms with van der Waals surface area (Å²) in [4.78, 5) is 38.2. The molecule has 0 atom stereocenters. The van der Waals surface area contributed by atoms with E-state index in [9.17, 15) is 25.0 Å². The van der Waals surface area contributed by atoms with Crippen molar-refractivity contribution in [3.8, 4) is 11.4 Å². The van der Waals surface area contributed by atoms with Crippen LogP contribution in [0.5, 0.6) is 0 Å². The molecule has 0 radical (unpaired) electrons. The molecule has 11 nitrogen and oxygen atoms in total. The van der Waals surface area contributed by atoms with Gasteiger partial charge in [-0.3, -0.25) is 0 Å². The second-order valence-electron chi connectivity index (χ2n) is 4.22. The number of carboxylic acids is 1. The van der Waals surface area contributed by atoms with E-state index in [0.717, 1.165) is 12.1 Å². The highest BCUT2D eigenvalue weighted by Crippen LogP contribution is 2.25. The number of aliphatic hydroxyl groups excluding tert-OH is 1. The quantitative estimate of drug-likeness (QED) is 0.605. The van der Waals surface area contributed by atoms with Gasteiger partial charge < -0.3 is 30.4 Å². The van der Waals surface area contributed by atoms with Crippen LogP contribution in [0.3, 0.4) is 0 Å². The van der Waals surface area contributed by atoms with Crippen molar-refractivity contribution in [2.45, 2.75) is 6.61 Å². The standard InChI is InChI=1S/C12H8N4O7/c17-5-6-1-3-8(13-10(6)15(20)21)9-4-2-7(12(18)19)11(14-9)16(22)23/h1-4,17H,5H2,(H,18,19). The second-order valence-corrected chi connectivity index (χ2v) is 4.22. The summed E-state index contributed by atoms with van der Waals surface area (Å²) in [6.07, 6.45) is 0. The van der Waals surface area contributed by atoms with Crippen molar-refractivity contribution >= 4 is 17.6 Å². The number of aromatic carboxylic acids is 1. The van der Waals surface area contributed by atoms with E-state index < -0.39 is 39.6 Å². The maximum absolute atomic E-state index is 10.9. The van der Waals surface area contributed by atoms with Gasteiger partial charge in [0.15, 0.2) is 5.56 Å². The molecule has 0 unspecified atom stereocenters. The van der Waals surface area contributed by atoms with Crippen LogP contribution in [0.4, 0.5) is 11.6 Å². The van der Waals surface area contributed by atoms with Gasteiger partial charge >= 0.3 is 17.6 Å². The summed E-state index contributed by atoms with van der Waals surface area (Å²) in [6, 6.07) is 4.64. The lowest BCUT2D eigenvalue weighted by Gasteiger charge is -2.01. The first-order valence-electron chi connectivity index (χ1n) is 5.99. The van der Waals surface area contributed by atoms with E-state index >= 15 is 0 Å². The first kappa shape index (κ1) is 15.9. The Hall–Kier alpha value is -3.47. The Morgan fingerprint density at radius 2 is 1.52 bits per heavy atom. The number of carbonyl (C=O) groups is 1. The Labute approximate surface area is 127 Å². The van der Waals surface area contributed by atoms with E-state index in [0.29, 0.717) is 0 Å². The van der Waals surface area contributed by atoms with Crippen LogP contribution in [-0.2, 0) is 6.61 Å². The largest absolute Gasteiger partial charge is 0.477 e. The molecule has 2 aromatic rings. The number of aliphatic hydroxyl groups is 1. The molecule has 2 aromatic heterocycles. The fourth-order valence-electron chi connectivity index (χ4n) is 1.80. The smallest absolute Gasteiger partial charge is 0.378 e. The van der Waals surface area contributed by atoms with Gasteiger partial charge in [-0.25, -0.2) is 4.79 Å². The topological polar surface area (TPSA) is 170 Å². The van der Waals surface area contributed by atoms with Crippen LogP contribution >= 0.6 is 0 Å². The summed E-state index contributed by atoms with van der Waals surface area (Å²) in [7, 11) is 0. The molecule has 0 saturated carbocycles. The average Bonchev–Trinajstić information content (AvgIpc) is 2.53. The number of rotatable bonds is 5. The molecule has 0 fully saturated rings.